The number of allylic oxidation sites excluding steroid dienone is 3. The van der Waals surface area contributed by atoms with Crippen molar-refractivity contribution in [1.82, 2.24) is 0 Å². The number of hydrogen-bond acceptors (Lipinski definition) is 2. The molecule has 3 fully saturated rings. The lowest BCUT2D eigenvalue weighted by atomic mass is 9.46. The zero-order valence-electron chi connectivity index (χ0n) is 14.8. The molecule has 4 aliphatic rings. The Morgan fingerprint density at radius 2 is 1.91 bits per heavy atom. The molecule has 0 aliphatic heterocycles. The molecule has 0 heterocycles. The van der Waals surface area contributed by atoms with Crippen LogP contribution in [-0.4, -0.2) is 22.4 Å². The van der Waals surface area contributed by atoms with E-state index in [1.165, 1.54) is 32.1 Å². The van der Waals surface area contributed by atoms with Gasteiger partial charge in [0.1, 0.15) is 6.10 Å². The van der Waals surface area contributed by atoms with E-state index in [4.69, 9.17) is 0 Å². The van der Waals surface area contributed by atoms with Crippen LogP contribution in [0.1, 0.15) is 59.3 Å². The highest BCUT2D eigenvalue weighted by Gasteiger charge is 2.62. The van der Waals surface area contributed by atoms with E-state index in [1.54, 1.807) is 0 Å². The second-order valence-electron chi connectivity index (χ2n) is 9.03. The molecule has 0 spiro atoms. The van der Waals surface area contributed by atoms with Crippen molar-refractivity contribution in [2.75, 3.05) is 0 Å². The summed E-state index contributed by atoms with van der Waals surface area (Å²) in [6, 6.07) is 0. The molecule has 0 radical (unpaired) electrons. The number of aliphatic hydroxyl groups is 2. The Kier molecular flexibility index (Phi) is 3.59. The SMILES string of the molecule is CC[C@H]1CC[C@H]2[C@@H]3[C@@H](O)[C@@H](O)C4=CCC=C[C@]4(C)[C@H]3CC[C@]12C. The molecule has 23 heavy (non-hydrogen) atoms. The van der Waals surface area contributed by atoms with Crippen LogP contribution in [0, 0.1) is 34.5 Å². The average molecular weight is 316 g/mol. The second kappa shape index (κ2) is 5.20. The van der Waals surface area contributed by atoms with E-state index >= 15 is 0 Å². The van der Waals surface area contributed by atoms with Gasteiger partial charge < -0.3 is 10.2 Å². The first kappa shape index (κ1) is 15.9. The summed E-state index contributed by atoms with van der Waals surface area (Å²) in [6.45, 7) is 7.09. The minimum absolute atomic E-state index is 0.0484. The molecule has 4 aliphatic carbocycles. The molecule has 3 saturated carbocycles. The van der Waals surface area contributed by atoms with Crippen molar-refractivity contribution >= 4 is 0 Å². The van der Waals surface area contributed by atoms with Crippen LogP contribution >= 0.6 is 0 Å². The predicted octanol–water partition coefficient (Wildman–Crippen LogP) is 4.08. The summed E-state index contributed by atoms with van der Waals surface area (Å²) in [5.41, 5.74) is 1.40. The van der Waals surface area contributed by atoms with E-state index in [2.05, 4.69) is 39.0 Å². The number of hydrogen-bond donors (Lipinski definition) is 2. The zero-order chi connectivity index (χ0) is 16.4. The van der Waals surface area contributed by atoms with Gasteiger partial charge in [-0.1, -0.05) is 45.4 Å². The fourth-order valence-corrected chi connectivity index (χ4v) is 7.15. The molecular weight excluding hydrogens is 284 g/mol. The van der Waals surface area contributed by atoms with Gasteiger partial charge in [0.2, 0.25) is 0 Å². The van der Waals surface area contributed by atoms with Gasteiger partial charge in [-0.2, -0.15) is 0 Å². The lowest BCUT2D eigenvalue weighted by Gasteiger charge is -2.59. The van der Waals surface area contributed by atoms with Gasteiger partial charge in [-0.3, -0.25) is 0 Å². The average Bonchev–Trinajstić information content (AvgIpc) is 2.88. The third-order valence-corrected chi connectivity index (χ3v) is 8.39. The van der Waals surface area contributed by atoms with E-state index in [1.807, 2.05) is 0 Å². The molecule has 0 unspecified atom stereocenters. The maximum absolute atomic E-state index is 11.0. The third-order valence-electron chi connectivity index (χ3n) is 8.39. The molecule has 0 aromatic rings. The molecule has 4 rings (SSSR count). The van der Waals surface area contributed by atoms with Crippen LogP contribution in [0.5, 0.6) is 0 Å². The highest BCUT2D eigenvalue weighted by Crippen LogP contribution is 2.66. The van der Waals surface area contributed by atoms with Crippen molar-refractivity contribution < 1.29 is 10.2 Å². The van der Waals surface area contributed by atoms with Crippen molar-refractivity contribution in [3.63, 3.8) is 0 Å². The van der Waals surface area contributed by atoms with Crippen LogP contribution in [0.25, 0.3) is 0 Å². The Morgan fingerprint density at radius 1 is 1.13 bits per heavy atom. The standard InChI is InChI=1S/C21H32O2/c1-4-13-8-9-14-17-15(10-12-20(13,14)2)21(3)11-6-5-7-16(21)18(22)19(17)23/h6-7,11,13-15,17-19,22-23H,4-5,8-10,12H2,1-3H3/t13-,14-,15-,17-,18-,19+,20+,21+/m0/s1. The van der Waals surface area contributed by atoms with Gasteiger partial charge >= 0.3 is 0 Å². The molecule has 8 atom stereocenters. The Labute approximate surface area is 140 Å². The lowest BCUT2D eigenvalue weighted by molar-refractivity contribution is -0.135. The highest BCUT2D eigenvalue weighted by atomic mass is 16.3. The molecule has 0 amide bonds. The zero-order valence-corrected chi connectivity index (χ0v) is 14.8. The molecule has 0 aromatic carbocycles. The number of rotatable bonds is 1. The maximum atomic E-state index is 11.0. The van der Waals surface area contributed by atoms with Gasteiger partial charge in [-0.25, -0.2) is 0 Å². The van der Waals surface area contributed by atoms with E-state index in [9.17, 15) is 10.2 Å². The van der Waals surface area contributed by atoms with E-state index in [0.29, 0.717) is 17.3 Å². The first-order valence-corrected chi connectivity index (χ1v) is 9.68. The molecule has 128 valence electrons. The summed E-state index contributed by atoms with van der Waals surface area (Å²) in [7, 11) is 0. The van der Waals surface area contributed by atoms with E-state index in [-0.39, 0.29) is 11.3 Å². The fourth-order valence-electron chi connectivity index (χ4n) is 7.15. The van der Waals surface area contributed by atoms with Crippen LogP contribution in [0.15, 0.2) is 23.8 Å². The van der Waals surface area contributed by atoms with Gasteiger partial charge in [0.15, 0.2) is 0 Å². The molecular formula is C21H32O2. The Balaban J connectivity index is 1.76. The maximum Gasteiger partial charge on any atom is 0.102 e. The monoisotopic (exact) mass is 316 g/mol. The smallest absolute Gasteiger partial charge is 0.102 e. The Bertz CT molecular complexity index is 550. The van der Waals surface area contributed by atoms with E-state index in [0.717, 1.165) is 17.9 Å². The van der Waals surface area contributed by atoms with E-state index < -0.39 is 12.2 Å². The number of aliphatic hydroxyl groups excluding tert-OH is 2. The third kappa shape index (κ3) is 1.94. The predicted molar refractivity (Wildman–Crippen MR) is 92.8 cm³/mol. The molecule has 2 N–H and O–H groups in total. The Morgan fingerprint density at radius 3 is 2.65 bits per heavy atom. The van der Waals surface area contributed by atoms with Gasteiger partial charge in [0.05, 0.1) is 6.10 Å². The minimum Gasteiger partial charge on any atom is -0.390 e. The summed E-state index contributed by atoms with van der Waals surface area (Å²) in [5.74, 6) is 2.11. The molecule has 2 heteroatoms. The lowest BCUT2D eigenvalue weighted by Crippen LogP contribution is -2.59. The largest absolute Gasteiger partial charge is 0.390 e. The normalized spacial score (nSPS) is 54.9. The van der Waals surface area contributed by atoms with Crippen LogP contribution in [-0.2, 0) is 0 Å². The summed E-state index contributed by atoms with van der Waals surface area (Å²) in [5, 5.41) is 21.9. The highest BCUT2D eigenvalue weighted by molar-refractivity contribution is 5.35. The first-order chi connectivity index (χ1) is 10.9. The van der Waals surface area contributed by atoms with Crippen LogP contribution in [0.2, 0.25) is 0 Å². The quantitative estimate of drug-likeness (QED) is 0.716. The van der Waals surface area contributed by atoms with Gasteiger partial charge in [0.25, 0.3) is 0 Å². The Hall–Kier alpha value is -0.600. The topological polar surface area (TPSA) is 40.5 Å². The van der Waals surface area contributed by atoms with Crippen molar-refractivity contribution in [2.24, 2.45) is 34.5 Å². The van der Waals surface area contributed by atoms with Crippen LogP contribution in [0.4, 0.5) is 0 Å². The van der Waals surface area contributed by atoms with Crippen LogP contribution in [0.3, 0.4) is 0 Å². The molecule has 2 nitrogen and oxygen atoms in total. The fraction of sp³-hybridized carbons (Fsp3) is 0.810. The first-order valence-electron chi connectivity index (χ1n) is 9.68. The van der Waals surface area contributed by atoms with Gasteiger partial charge in [-0.05, 0) is 66.8 Å². The minimum atomic E-state index is -0.672. The summed E-state index contributed by atoms with van der Waals surface area (Å²) in [4.78, 5) is 0. The second-order valence-corrected chi connectivity index (χ2v) is 9.03. The van der Waals surface area contributed by atoms with Gasteiger partial charge in [-0.15, -0.1) is 0 Å². The summed E-state index contributed by atoms with van der Waals surface area (Å²) < 4.78 is 0. The summed E-state index contributed by atoms with van der Waals surface area (Å²) in [6.07, 6.45) is 12.7. The van der Waals surface area contributed by atoms with Crippen molar-refractivity contribution in [3.8, 4) is 0 Å². The van der Waals surface area contributed by atoms with Crippen molar-refractivity contribution in [2.45, 2.75) is 71.5 Å². The summed E-state index contributed by atoms with van der Waals surface area (Å²) >= 11 is 0. The van der Waals surface area contributed by atoms with Gasteiger partial charge in [0, 0.05) is 5.41 Å². The molecule has 0 saturated heterocycles. The molecule has 0 bridgehead atoms. The number of fused-ring (bicyclic) bond motifs is 5. The van der Waals surface area contributed by atoms with Crippen molar-refractivity contribution in [1.29, 1.82) is 0 Å². The van der Waals surface area contributed by atoms with Crippen LogP contribution < -0.4 is 0 Å². The van der Waals surface area contributed by atoms with Crippen molar-refractivity contribution in [3.05, 3.63) is 23.8 Å². The molecule has 0 aromatic heterocycles.